The largest absolute Gasteiger partial charge is 0.507 e. The maximum atomic E-state index is 12.9. The van der Waals surface area contributed by atoms with Crippen LogP contribution in [0.1, 0.15) is 17.2 Å². The monoisotopic (exact) mass is 389 g/mol. The first-order chi connectivity index (χ1) is 13.6. The van der Waals surface area contributed by atoms with Gasteiger partial charge in [0.15, 0.2) is 0 Å². The predicted molar refractivity (Wildman–Crippen MR) is 109 cm³/mol. The smallest absolute Gasteiger partial charge is 0.300 e. The van der Waals surface area contributed by atoms with Crippen LogP contribution in [0.4, 0.5) is 5.69 Å². The maximum Gasteiger partial charge on any atom is 0.300 e. The Hall–Kier alpha value is -3.37. The Labute approximate surface area is 167 Å². The van der Waals surface area contributed by atoms with Crippen molar-refractivity contribution in [3.8, 4) is 0 Å². The lowest BCUT2D eigenvalue weighted by Gasteiger charge is -2.25. The minimum absolute atomic E-state index is 0.0578. The molecule has 1 aliphatic heterocycles. The van der Waals surface area contributed by atoms with Crippen molar-refractivity contribution in [2.45, 2.75) is 6.04 Å². The number of nitrogens with zero attached hydrogens (tertiary/aromatic N) is 1. The molecular weight excluding hydrogens is 374 g/mol. The van der Waals surface area contributed by atoms with Crippen molar-refractivity contribution in [2.75, 3.05) is 4.90 Å². The van der Waals surface area contributed by atoms with Crippen LogP contribution in [0.15, 0.2) is 90.5 Å². The number of aliphatic hydroxyl groups excluding tert-OH is 1. The molecule has 1 unspecified atom stereocenters. The van der Waals surface area contributed by atoms with Gasteiger partial charge in [0.05, 0.1) is 11.6 Å². The van der Waals surface area contributed by atoms with Gasteiger partial charge in [-0.1, -0.05) is 60.1 Å². The Morgan fingerprint density at radius 2 is 1.39 bits per heavy atom. The molecule has 0 bridgehead atoms. The summed E-state index contributed by atoms with van der Waals surface area (Å²) in [5.74, 6) is -1.61. The maximum absolute atomic E-state index is 12.9. The number of para-hydroxylation sites is 1. The van der Waals surface area contributed by atoms with Gasteiger partial charge in [-0.15, -0.1) is 0 Å². The number of ketones is 1. The van der Waals surface area contributed by atoms with E-state index in [4.69, 9.17) is 11.6 Å². The Morgan fingerprint density at radius 1 is 0.821 bits per heavy atom. The van der Waals surface area contributed by atoms with Crippen molar-refractivity contribution in [2.24, 2.45) is 0 Å². The van der Waals surface area contributed by atoms with Crippen LogP contribution >= 0.6 is 11.6 Å². The number of amides is 1. The summed E-state index contributed by atoms with van der Waals surface area (Å²) in [5.41, 5.74) is 1.81. The van der Waals surface area contributed by atoms with E-state index in [9.17, 15) is 14.7 Å². The Morgan fingerprint density at radius 3 is 2.00 bits per heavy atom. The number of benzene rings is 3. The van der Waals surface area contributed by atoms with Crippen LogP contribution in [0.25, 0.3) is 5.76 Å². The second kappa shape index (κ2) is 7.33. The number of hydrogen-bond acceptors (Lipinski definition) is 3. The fourth-order valence-corrected chi connectivity index (χ4v) is 3.53. The van der Waals surface area contributed by atoms with E-state index in [1.54, 1.807) is 48.5 Å². The van der Waals surface area contributed by atoms with Crippen molar-refractivity contribution in [3.05, 3.63) is 107 Å². The lowest BCUT2D eigenvalue weighted by molar-refractivity contribution is -0.132. The third kappa shape index (κ3) is 3.08. The van der Waals surface area contributed by atoms with Crippen LogP contribution in [0, 0.1) is 0 Å². The zero-order valence-corrected chi connectivity index (χ0v) is 15.5. The molecule has 1 fully saturated rings. The van der Waals surface area contributed by atoms with Crippen molar-refractivity contribution >= 4 is 34.7 Å². The fraction of sp³-hybridized carbons (Fsp3) is 0.0435. The molecule has 3 aromatic rings. The van der Waals surface area contributed by atoms with Crippen molar-refractivity contribution < 1.29 is 14.7 Å². The van der Waals surface area contributed by atoms with E-state index in [2.05, 4.69) is 0 Å². The SMILES string of the molecule is O=C1C(=O)N(c2ccccc2)C(c2ccccc2)/C1=C(\O)c1ccc(Cl)cc1. The van der Waals surface area contributed by atoms with Crippen LogP contribution in [-0.2, 0) is 9.59 Å². The Bertz CT molecular complexity index is 1060. The molecular formula is C23H16ClNO3. The summed E-state index contributed by atoms with van der Waals surface area (Å²) in [4.78, 5) is 27.2. The van der Waals surface area contributed by atoms with E-state index in [-0.39, 0.29) is 11.3 Å². The first-order valence-corrected chi connectivity index (χ1v) is 9.12. The highest BCUT2D eigenvalue weighted by Gasteiger charge is 2.46. The average molecular weight is 390 g/mol. The van der Waals surface area contributed by atoms with Gasteiger partial charge in [-0.25, -0.2) is 0 Å². The summed E-state index contributed by atoms with van der Waals surface area (Å²) in [5, 5.41) is 11.4. The minimum Gasteiger partial charge on any atom is -0.507 e. The first-order valence-electron chi connectivity index (χ1n) is 8.75. The van der Waals surface area contributed by atoms with Gasteiger partial charge in [-0.3, -0.25) is 14.5 Å². The highest BCUT2D eigenvalue weighted by atomic mass is 35.5. The zero-order chi connectivity index (χ0) is 19.7. The van der Waals surface area contributed by atoms with Gasteiger partial charge < -0.3 is 5.11 Å². The van der Waals surface area contributed by atoms with Gasteiger partial charge in [-0.2, -0.15) is 0 Å². The standard InChI is InChI=1S/C23H16ClNO3/c24-17-13-11-16(12-14-17)21(26)19-20(15-7-3-1-4-8-15)25(23(28)22(19)27)18-9-5-2-6-10-18/h1-14,20,26H/b21-19+. The zero-order valence-electron chi connectivity index (χ0n) is 14.7. The fourth-order valence-electron chi connectivity index (χ4n) is 3.40. The molecule has 1 aliphatic rings. The number of halogens is 1. The van der Waals surface area contributed by atoms with Crippen molar-refractivity contribution in [1.29, 1.82) is 0 Å². The Kier molecular flexibility index (Phi) is 4.72. The van der Waals surface area contributed by atoms with Crippen molar-refractivity contribution in [1.82, 2.24) is 0 Å². The van der Waals surface area contributed by atoms with E-state index in [0.717, 1.165) is 5.56 Å². The van der Waals surface area contributed by atoms with Crippen LogP contribution < -0.4 is 4.90 Å². The second-order valence-electron chi connectivity index (χ2n) is 6.42. The van der Waals surface area contributed by atoms with Crippen molar-refractivity contribution in [3.63, 3.8) is 0 Å². The molecule has 1 saturated heterocycles. The van der Waals surface area contributed by atoms with E-state index >= 15 is 0 Å². The highest BCUT2D eigenvalue weighted by molar-refractivity contribution is 6.51. The van der Waals surface area contributed by atoms with Crippen LogP contribution in [0.2, 0.25) is 5.02 Å². The molecule has 0 aromatic heterocycles. The van der Waals surface area contributed by atoms with Gasteiger partial charge in [-0.05, 0) is 42.0 Å². The third-order valence-corrected chi connectivity index (χ3v) is 4.96. The highest BCUT2D eigenvalue weighted by Crippen LogP contribution is 2.41. The number of hydrogen-bond donors (Lipinski definition) is 1. The molecule has 4 rings (SSSR count). The molecule has 0 saturated carbocycles. The molecule has 0 spiro atoms. The summed E-state index contributed by atoms with van der Waals surface area (Å²) in [6, 6.07) is 23.9. The van der Waals surface area contributed by atoms with E-state index in [1.807, 2.05) is 36.4 Å². The van der Waals surface area contributed by atoms with Gasteiger partial charge in [0.25, 0.3) is 11.7 Å². The summed E-state index contributed by atoms with van der Waals surface area (Å²) < 4.78 is 0. The van der Waals surface area contributed by atoms with Gasteiger partial charge in [0.1, 0.15) is 5.76 Å². The molecule has 4 nitrogen and oxygen atoms in total. The molecule has 0 radical (unpaired) electrons. The van der Waals surface area contributed by atoms with Gasteiger partial charge >= 0.3 is 0 Å². The van der Waals surface area contributed by atoms with Crippen LogP contribution in [-0.4, -0.2) is 16.8 Å². The Balaban J connectivity index is 1.94. The van der Waals surface area contributed by atoms with Crippen LogP contribution in [0.3, 0.4) is 0 Å². The summed E-state index contributed by atoms with van der Waals surface area (Å²) in [7, 11) is 0. The number of Topliss-reactive ketones (excluding diaryl/α,β-unsaturated/α-hetero) is 1. The predicted octanol–water partition coefficient (Wildman–Crippen LogP) is 4.97. The molecule has 0 aliphatic carbocycles. The molecule has 1 amide bonds. The van der Waals surface area contributed by atoms with Gasteiger partial charge in [0, 0.05) is 16.3 Å². The number of rotatable bonds is 3. The first kappa shape index (κ1) is 18.0. The molecule has 28 heavy (non-hydrogen) atoms. The van der Waals surface area contributed by atoms with Gasteiger partial charge in [0.2, 0.25) is 0 Å². The quantitative estimate of drug-likeness (QED) is 0.391. The lowest BCUT2D eigenvalue weighted by Crippen LogP contribution is -2.29. The minimum atomic E-state index is -0.723. The van der Waals surface area contributed by atoms with Crippen LogP contribution in [0.5, 0.6) is 0 Å². The molecule has 1 atom stereocenters. The third-order valence-electron chi connectivity index (χ3n) is 4.71. The average Bonchev–Trinajstić information content (AvgIpc) is 3.00. The summed E-state index contributed by atoms with van der Waals surface area (Å²) >= 11 is 5.93. The molecule has 1 N–H and O–H groups in total. The number of aliphatic hydroxyl groups is 1. The molecule has 138 valence electrons. The normalized spacial score (nSPS) is 18.5. The molecule has 5 heteroatoms. The van der Waals surface area contributed by atoms with E-state index in [0.29, 0.717) is 16.3 Å². The summed E-state index contributed by atoms with van der Waals surface area (Å²) in [6.45, 7) is 0. The molecule has 1 heterocycles. The van der Waals surface area contributed by atoms with E-state index < -0.39 is 17.7 Å². The number of carbonyl (C=O) groups is 2. The topological polar surface area (TPSA) is 57.6 Å². The van der Waals surface area contributed by atoms with E-state index in [1.165, 1.54) is 4.90 Å². The second-order valence-corrected chi connectivity index (χ2v) is 6.86. The number of anilines is 1. The number of carbonyl (C=O) groups excluding carboxylic acids is 2. The molecule has 3 aromatic carbocycles. The lowest BCUT2D eigenvalue weighted by atomic mass is 9.95. The summed E-state index contributed by atoms with van der Waals surface area (Å²) in [6.07, 6.45) is 0.